The quantitative estimate of drug-likeness (QED) is 0.617. The van der Waals surface area contributed by atoms with Gasteiger partial charge < -0.3 is 5.73 Å². The van der Waals surface area contributed by atoms with Crippen LogP contribution in [0.25, 0.3) is 10.2 Å². The molecule has 0 aliphatic heterocycles. The number of nitrogens with two attached hydrogens (primary N) is 1. The molecule has 2 aromatic rings. The summed E-state index contributed by atoms with van der Waals surface area (Å²) in [5.41, 5.74) is 6.49. The van der Waals surface area contributed by atoms with E-state index in [1.165, 1.54) is 6.33 Å². The second-order valence-electron chi connectivity index (χ2n) is 1.89. The van der Waals surface area contributed by atoms with Crippen LogP contribution in [0.4, 0.5) is 5.82 Å². The summed E-state index contributed by atoms with van der Waals surface area (Å²) in [6, 6.07) is 1.93. The minimum atomic E-state index is 0.569. The highest BCUT2D eigenvalue weighted by atomic mass is 32.1. The molecule has 0 aromatic carbocycles. The highest BCUT2D eigenvalue weighted by molar-refractivity contribution is 7.17. The van der Waals surface area contributed by atoms with Crippen LogP contribution in [-0.2, 0) is 0 Å². The lowest BCUT2D eigenvalue weighted by Gasteiger charge is -1.90. The van der Waals surface area contributed by atoms with Crippen molar-refractivity contribution in [3.8, 4) is 0 Å². The molecule has 50 valence electrons. The van der Waals surface area contributed by atoms with E-state index >= 15 is 0 Å². The first kappa shape index (κ1) is 5.61. The molecular formula is C6H5N3S. The Balaban J connectivity index is 2.95. The van der Waals surface area contributed by atoms with Crippen molar-refractivity contribution in [1.82, 2.24) is 9.97 Å². The van der Waals surface area contributed by atoms with Gasteiger partial charge in [0, 0.05) is 0 Å². The number of fused-ring (bicyclic) bond motifs is 1. The maximum Gasteiger partial charge on any atom is 0.144 e. The van der Waals surface area contributed by atoms with Gasteiger partial charge in [-0.3, -0.25) is 0 Å². The SMILES string of the molecule is Nc1ncnc2ccsc12. The van der Waals surface area contributed by atoms with Crippen LogP contribution in [0.5, 0.6) is 0 Å². The smallest absolute Gasteiger partial charge is 0.144 e. The molecule has 2 heterocycles. The van der Waals surface area contributed by atoms with E-state index < -0.39 is 0 Å². The highest BCUT2D eigenvalue weighted by Gasteiger charge is 1.98. The lowest BCUT2D eigenvalue weighted by molar-refractivity contribution is 1.24. The van der Waals surface area contributed by atoms with Crippen molar-refractivity contribution in [1.29, 1.82) is 0 Å². The molecule has 0 saturated carbocycles. The van der Waals surface area contributed by atoms with Gasteiger partial charge in [0.15, 0.2) is 0 Å². The minimum Gasteiger partial charge on any atom is -0.382 e. The summed E-state index contributed by atoms with van der Waals surface area (Å²) in [5.74, 6) is 0.569. The third kappa shape index (κ3) is 0.657. The van der Waals surface area contributed by atoms with Crippen molar-refractivity contribution in [3.05, 3.63) is 17.8 Å². The Kier molecular flexibility index (Phi) is 1.07. The lowest BCUT2D eigenvalue weighted by atomic mass is 10.4. The number of hydrogen-bond donors (Lipinski definition) is 1. The largest absolute Gasteiger partial charge is 0.382 e. The summed E-state index contributed by atoms with van der Waals surface area (Å²) in [6.45, 7) is 0. The predicted molar refractivity (Wildman–Crippen MR) is 41.8 cm³/mol. The van der Waals surface area contributed by atoms with Crippen LogP contribution in [0.3, 0.4) is 0 Å². The van der Waals surface area contributed by atoms with E-state index in [9.17, 15) is 0 Å². The van der Waals surface area contributed by atoms with Crippen molar-refractivity contribution >= 4 is 27.4 Å². The average molecular weight is 151 g/mol. The van der Waals surface area contributed by atoms with E-state index in [1.807, 2.05) is 11.4 Å². The molecule has 3 nitrogen and oxygen atoms in total. The van der Waals surface area contributed by atoms with Crippen molar-refractivity contribution in [2.24, 2.45) is 0 Å². The van der Waals surface area contributed by atoms with Gasteiger partial charge in [0.25, 0.3) is 0 Å². The molecule has 0 unspecified atom stereocenters. The summed E-state index contributed by atoms with van der Waals surface area (Å²) >= 11 is 1.56. The maximum atomic E-state index is 5.56. The highest BCUT2D eigenvalue weighted by Crippen LogP contribution is 2.21. The van der Waals surface area contributed by atoms with Crippen molar-refractivity contribution < 1.29 is 0 Å². The number of hydrogen-bond acceptors (Lipinski definition) is 4. The normalized spacial score (nSPS) is 10.4. The fourth-order valence-electron chi connectivity index (χ4n) is 0.808. The Morgan fingerprint density at radius 2 is 2.30 bits per heavy atom. The summed E-state index contributed by atoms with van der Waals surface area (Å²) in [6.07, 6.45) is 1.48. The second-order valence-corrected chi connectivity index (χ2v) is 2.81. The molecule has 4 heteroatoms. The standard InChI is InChI=1S/C6H5N3S/c7-6-5-4(1-2-10-5)8-3-9-6/h1-3H,(H2,7,8,9). The molecular weight excluding hydrogens is 146 g/mol. The molecule has 0 amide bonds. The van der Waals surface area contributed by atoms with Crippen LogP contribution in [0.1, 0.15) is 0 Å². The predicted octanol–water partition coefficient (Wildman–Crippen LogP) is 1.27. The summed E-state index contributed by atoms with van der Waals surface area (Å²) in [5, 5.41) is 1.95. The fraction of sp³-hybridized carbons (Fsp3) is 0. The molecule has 10 heavy (non-hydrogen) atoms. The monoisotopic (exact) mass is 151 g/mol. The van der Waals surface area contributed by atoms with E-state index in [0.717, 1.165) is 10.2 Å². The first-order valence-electron chi connectivity index (χ1n) is 2.81. The summed E-state index contributed by atoms with van der Waals surface area (Å²) in [7, 11) is 0. The molecule has 0 radical (unpaired) electrons. The van der Waals surface area contributed by atoms with Crippen LogP contribution in [-0.4, -0.2) is 9.97 Å². The molecule has 2 rings (SSSR count). The molecule has 0 bridgehead atoms. The van der Waals surface area contributed by atoms with E-state index in [0.29, 0.717) is 5.82 Å². The zero-order chi connectivity index (χ0) is 6.97. The zero-order valence-corrected chi connectivity index (χ0v) is 5.93. The van der Waals surface area contributed by atoms with E-state index in [4.69, 9.17) is 5.73 Å². The first-order valence-corrected chi connectivity index (χ1v) is 3.69. The molecule has 0 fully saturated rings. The van der Waals surface area contributed by atoms with E-state index in [1.54, 1.807) is 11.3 Å². The number of aromatic nitrogens is 2. The number of rotatable bonds is 0. The Labute approximate surface area is 61.5 Å². The summed E-state index contributed by atoms with van der Waals surface area (Å²) in [4.78, 5) is 7.88. The number of thiophene rings is 1. The van der Waals surface area contributed by atoms with Gasteiger partial charge in [0.05, 0.1) is 10.2 Å². The molecule has 2 N–H and O–H groups in total. The van der Waals surface area contributed by atoms with Gasteiger partial charge in [-0.25, -0.2) is 9.97 Å². The third-order valence-corrected chi connectivity index (χ3v) is 2.20. The Bertz CT molecular complexity index is 355. The van der Waals surface area contributed by atoms with E-state index in [-0.39, 0.29) is 0 Å². The van der Waals surface area contributed by atoms with Crippen LogP contribution in [0.2, 0.25) is 0 Å². The molecule has 2 aromatic heterocycles. The molecule has 0 saturated heterocycles. The van der Waals surface area contributed by atoms with Crippen molar-refractivity contribution in [2.45, 2.75) is 0 Å². The maximum absolute atomic E-state index is 5.56. The molecule has 0 aliphatic rings. The van der Waals surface area contributed by atoms with Gasteiger partial charge in [0.2, 0.25) is 0 Å². The number of nitrogen functional groups attached to an aromatic ring is 1. The molecule has 0 aliphatic carbocycles. The Morgan fingerprint density at radius 1 is 1.40 bits per heavy atom. The Morgan fingerprint density at radius 3 is 3.10 bits per heavy atom. The summed E-state index contributed by atoms with van der Waals surface area (Å²) < 4.78 is 0.975. The third-order valence-electron chi connectivity index (χ3n) is 1.27. The van der Waals surface area contributed by atoms with Gasteiger partial charge in [-0.2, -0.15) is 0 Å². The number of anilines is 1. The van der Waals surface area contributed by atoms with Gasteiger partial charge in [-0.1, -0.05) is 0 Å². The van der Waals surface area contributed by atoms with Gasteiger partial charge in [0.1, 0.15) is 12.1 Å². The van der Waals surface area contributed by atoms with Gasteiger partial charge >= 0.3 is 0 Å². The van der Waals surface area contributed by atoms with Crippen LogP contribution >= 0.6 is 11.3 Å². The van der Waals surface area contributed by atoms with Crippen LogP contribution in [0, 0.1) is 0 Å². The van der Waals surface area contributed by atoms with Crippen molar-refractivity contribution in [2.75, 3.05) is 5.73 Å². The van der Waals surface area contributed by atoms with Crippen LogP contribution in [0.15, 0.2) is 17.8 Å². The van der Waals surface area contributed by atoms with Crippen LogP contribution < -0.4 is 5.73 Å². The van der Waals surface area contributed by atoms with E-state index in [2.05, 4.69) is 9.97 Å². The zero-order valence-electron chi connectivity index (χ0n) is 5.11. The molecule has 0 spiro atoms. The minimum absolute atomic E-state index is 0.569. The molecule has 0 atom stereocenters. The second kappa shape index (κ2) is 1.91. The van der Waals surface area contributed by atoms with Crippen molar-refractivity contribution in [3.63, 3.8) is 0 Å². The fourth-order valence-corrected chi connectivity index (χ4v) is 1.56. The topological polar surface area (TPSA) is 51.8 Å². The average Bonchev–Trinajstić information content (AvgIpc) is 2.36. The number of nitrogens with zero attached hydrogens (tertiary/aromatic N) is 2. The van der Waals surface area contributed by atoms with Gasteiger partial charge in [-0.15, -0.1) is 11.3 Å². The lowest BCUT2D eigenvalue weighted by Crippen LogP contribution is -1.89. The van der Waals surface area contributed by atoms with Gasteiger partial charge in [-0.05, 0) is 11.4 Å². The first-order chi connectivity index (χ1) is 4.88. The Hall–Kier alpha value is -1.16.